The Morgan fingerprint density at radius 3 is 2.21 bits per heavy atom. The fourth-order valence-corrected chi connectivity index (χ4v) is 4.26. The second-order valence-corrected chi connectivity index (χ2v) is 9.29. The van der Waals surface area contributed by atoms with Gasteiger partial charge in [0.15, 0.2) is 11.0 Å². The van der Waals surface area contributed by atoms with Crippen molar-refractivity contribution in [3.63, 3.8) is 0 Å². The molecule has 0 fully saturated rings. The molecule has 0 saturated heterocycles. The van der Waals surface area contributed by atoms with Crippen molar-refractivity contribution in [2.75, 3.05) is 12.9 Å². The van der Waals surface area contributed by atoms with E-state index in [1.807, 2.05) is 60.0 Å². The summed E-state index contributed by atoms with van der Waals surface area (Å²) in [6, 6.07) is 22.5. The molecule has 1 aromatic heterocycles. The van der Waals surface area contributed by atoms with Gasteiger partial charge in [-0.25, -0.2) is 5.43 Å². The Balaban J connectivity index is 1.48. The zero-order valence-electron chi connectivity index (χ0n) is 21.5. The van der Waals surface area contributed by atoms with Gasteiger partial charge >= 0.3 is 5.97 Å². The van der Waals surface area contributed by atoms with Gasteiger partial charge in [0.1, 0.15) is 11.5 Å². The lowest BCUT2D eigenvalue weighted by Crippen LogP contribution is -2.21. The quantitative estimate of drug-likeness (QED) is 0.109. The Bertz CT molecular complexity index is 1450. The van der Waals surface area contributed by atoms with E-state index in [1.54, 1.807) is 38.3 Å². The number of carbonyl (C=O) groups is 2. The largest absolute Gasteiger partial charge is 0.497 e. The van der Waals surface area contributed by atoms with E-state index in [2.05, 4.69) is 20.7 Å². The number of amides is 1. The average Bonchev–Trinajstić information content (AvgIpc) is 3.35. The average molecular weight is 530 g/mol. The summed E-state index contributed by atoms with van der Waals surface area (Å²) in [5, 5.41) is 13.6. The predicted octanol–water partition coefficient (Wildman–Crippen LogP) is 4.81. The van der Waals surface area contributed by atoms with Crippen molar-refractivity contribution in [3.8, 4) is 28.6 Å². The number of nitrogens with one attached hydrogen (secondary N) is 1. The summed E-state index contributed by atoms with van der Waals surface area (Å²) >= 11 is 1.26. The first-order chi connectivity index (χ1) is 18.3. The van der Waals surface area contributed by atoms with Gasteiger partial charge in [-0.2, -0.15) is 5.10 Å². The molecule has 0 aliphatic rings. The number of hydrazone groups is 1. The van der Waals surface area contributed by atoms with Gasteiger partial charge in [0.25, 0.3) is 5.91 Å². The van der Waals surface area contributed by atoms with Gasteiger partial charge in [-0.15, -0.1) is 10.2 Å². The van der Waals surface area contributed by atoms with Crippen molar-refractivity contribution in [1.82, 2.24) is 20.2 Å². The highest BCUT2D eigenvalue weighted by atomic mass is 32.2. The molecule has 0 bridgehead atoms. The van der Waals surface area contributed by atoms with Crippen LogP contribution in [0.15, 0.2) is 83.1 Å². The van der Waals surface area contributed by atoms with Crippen molar-refractivity contribution in [3.05, 3.63) is 83.9 Å². The molecule has 4 rings (SSSR count). The number of hydrogen-bond acceptors (Lipinski definition) is 8. The lowest BCUT2D eigenvalue weighted by atomic mass is 10.1. The minimum absolute atomic E-state index is 0.0877. The minimum Gasteiger partial charge on any atom is -0.497 e. The Hall–Kier alpha value is -4.44. The third-order valence-electron chi connectivity index (χ3n) is 5.49. The van der Waals surface area contributed by atoms with Crippen LogP contribution in [0.1, 0.15) is 25.0 Å². The maximum Gasteiger partial charge on any atom is 0.308 e. The van der Waals surface area contributed by atoms with Gasteiger partial charge in [-0.3, -0.25) is 14.2 Å². The Labute approximate surface area is 224 Å². The second kappa shape index (κ2) is 12.2. The SMILES string of the molecule is COc1ccc(-n2c(SCC(=O)NN=C(C)c3ccc(OC(C)=O)cc3)nnc2-c2ccc(C)cc2)cc1. The molecule has 0 aliphatic heterocycles. The van der Waals surface area contributed by atoms with E-state index >= 15 is 0 Å². The molecule has 1 N–H and O–H groups in total. The first-order valence-electron chi connectivity index (χ1n) is 11.8. The number of methoxy groups -OCH3 is 1. The molecular weight excluding hydrogens is 502 g/mol. The van der Waals surface area contributed by atoms with Gasteiger partial charge < -0.3 is 9.47 Å². The second-order valence-electron chi connectivity index (χ2n) is 8.34. The Morgan fingerprint density at radius 2 is 1.58 bits per heavy atom. The van der Waals surface area contributed by atoms with Crippen molar-refractivity contribution in [2.24, 2.45) is 5.10 Å². The highest BCUT2D eigenvalue weighted by Gasteiger charge is 2.17. The fourth-order valence-electron chi connectivity index (χ4n) is 3.52. The summed E-state index contributed by atoms with van der Waals surface area (Å²) in [6.07, 6.45) is 0. The molecule has 9 nitrogen and oxygen atoms in total. The molecule has 0 unspecified atom stereocenters. The smallest absolute Gasteiger partial charge is 0.308 e. The zero-order chi connectivity index (χ0) is 27.1. The lowest BCUT2D eigenvalue weighted by Gasteiger charge is -2.11. The van der Waals surface area contributed by atoms with Crippen LogP contribution in [0.3, 0.4) is 0 Å². The predicted molar refractivity (Wildman–Crippen MR) is 147 cm³/mol. The highest BCUT2D eigenvalue weighted by molar-refractivity contribution is 7.99. The lowest BCUT2D eigenvalue weighted by molar-refractivity contribution is -0.131. The minimum atomic E-state index is -0.387. The highest BCUT2D eigenvalue weighted by Crippen LogP contribution is 2.29. The van der Waals surface area contributed by atoms with Crippen LogP contribution in [0.5, 0.6) is 11.5 Å². The molecule has 0 atom stereocenters. The van der Waals surface area contributed by atoms with Crippen LogP contribution in [0, 0.1) is 6.92 Å². The van der Waals surface area contributed by atoms with Crippen molar-refractivity contribution < 1.29 is 19.1 Å². The summed E-state index contributed by atoms with van der Waals surface area (Å²) < 4.78 is 12.2. The molecule has 0 radical (unpaired) electrons. The van der Waals surface area contributed by atoms with Crippen LogP contribution in [-0.2, 0) is 9.59 Å². The monoisotopic (exact) mass is 529 g/mol. The molecule has 4 aromatic rings. The van der Waals surface area contributed by atoms with Crippen molar-refractivity contribution in [2.45, 2.75) is 25.9 Å². The van der Waals surface area contributed by atoms with Crippen LogP contribution >= 0.6 is 11.8 Å². The summed E-state index contributed by atoms with van der Waals surface area (Å²) in [7, 11) is 1.62. The molecule has 10 heteroatoms. The number of hydrogen-bond donors (Lipinski definition) is 1. The molecule has 0 aliphatic carbocycles. The van der Waals surface area contributed by atoms with E-state index in [-0.39, 0.29) is 17.6 Å². The van der Waals surface area contributed by atoms with Crippen LogP contribution in [0.2, 0.25) is 0 Å². The van der Waals surface area contributed by atoms with E-state index in [4.69, 9.17) is 9.47 Å². The van der Waals surface area contributed by atoms with Crippen LogP contribution in [0.25, 0.3) is 17.1 Å². The number of aryl methyl sites for hydroxylation is 1. The van der Waals surface area contributed by atoms with E-state index in [9.17, 15) is 9.59 Å². The van der Waals surface area contributed by atoms with Gasteiger partial charge in [-0.05, 0) is 67.9 Å². The van der Waals surface area contributed by atoms with E-state index in [0.29, 0.717) is 22.4 Å². The Kier molecular flexibility index (Phi) is 8.55. The number of esters is 1. The van der Waals surface area contributed by atoms with Crippen LogP contribution < -0.4 is 14.9 Å². The first kappa shape index (κ1) is 26.6. The number of carbonyl (C=O) groups excluding carboxylic acids is 2. The first-order valence-corrected chi connectivity index (χ1v) is 12.7. The number of rotatable bonds is 9. The van der Waals surface area contributed by atoms with Gasteiger partial charge in [0, 0.05) is 18.2 Å². The molecule has 0 spiro atoms. The molecule has 38 heavy (non-hydrogen) atoms. The van der Waals surface area contributed by atoms with E-state index < -0.39 is 0 Å². The van der Waals surface area contributed by atoms with Crippen molar-refractivity contribution >= 4 is 29.4 Å². The summed E-state index contributed by atoms with van der Waals surface area (Å²) in [5.41, 5.74) is 6.89. The molecule has 0 saturated carbocycles. The molecular formula is C28H27N5O4S. The summed E-state index contributed by atoms with van der Waals surface area (Å²) in [6.45, 7) is 5.15. The van der Waals surface area contributed by atoms with Crippen molar-refractivity contribution in [1.29, 1.82) is 0 Å². The molecule has 1 amide bonds. The molecule has 194 valence electrons. The van der Waals surface area contributed by atoms with E-state index in [1.165, 1.54) is 18.7 Å². The topological polar surface area (TPSA) is 108 Å². The van der Waals surface area contributed by atoms with Crippen LogP contribution in [-0.4, -0.2) is 45.2 Å². The summed E-state index contributed by atoms with van der Waals surface area (Å²) in [4.78, 5) is 23.7. The Morgan fingerprint density at radius 1 is 0.921 bits per heavy atom. The molecule has 1 heterocycles. The van der Waals surface area contributed by atoms with Gasteiger partial charge in [0.05, 0.1) is 18.6 Å². The number of aromatic nitrogens is 3. The number of nitrogens with zero attached hydrogens (tertiary/aromatic N) is 4. The maximum atomic E-state index is 12.6. The van der Waals surface area contributed by atoms with Crippen LogP contribution in [0.4, 0.5) is 0 Å². The van der Waals surface area contributed by atoms with Gasteiger partial charge in [-0.1, -0.05) is 41.6 Å². The summed E-state index contributed by atoms with van der Waals surface area (Å²) in [5.74, 6) is 1.27. The molecule has 3 aromatic carbocycles. The maximum absolute atomic E-state index is 12.6. The third-order valence-corrected chi connectivity index (χ3v) is 6.42. The zero-order valence-corrected chi connectivity index (χ0v) is 22.3. The van der Waals surface area contributed by atoms with Gasteiger partial charge in [0.2, 0.25) is 0 Å². The fraction of sp³-hybridized carbons (Fsp3) is 0.179. The number of thioether (sulfide) groups is 1. The third kappa shape index (κ3) is 6.65. The normalized spacial score (nSPS) is 11.2. The standard InChI is InChI=1S/C28H27N5O4S/c1-18-5-7-22(8-6-18)27-31-32-28(33(27)23-11-15-24(36-4)16-12-23)38-17-26(35)30-29-19(2)21-9-13-25(14-10-21)37-20(3)34/h5-16H,17H2,1-4H3,(H,30,35). The number of benzene rings is 3. The number of ether oxygens (including phenoxy) is 2. The van der Waals surface area contributed by atoms with E-state index in [0.717, 1.165) is 28.1 Å².